The third-order valence-electron chi connectivity index (χ3n) is 3.62. The van der Waals surface area contributed by atoms with Crippen LogP contribution in [0.15, 0.2) is 40.8 Å². The SMILES string of the molecule is COc1cc(OC)c2nc(Nc3nnc(-c4ccc(F)cc4)o3)sc2c1. The zero-order chi connectivity index (χ0) is 18.1. The molecular weight excluding hydrogens is 359 g/mol. The summed E-state index contributed by atoms with van der Waals surface area (Å²) < 4.78 is 30.1. The Hall–Kier alpha value is -3.20. The molecule has 2 aromatic heterocycles. The summed E-state index contributed by atoms with van der Waals surface area (Å²) in [5, 5.41) is 11.5. The third kappa shape index (κ3) is 3.04. The maximum atomic E-state index is 13.0. The van der Waals surface area contributed by atoms with Crippen molar-refractivity contribution in [2.45, 2.75) is 0 Å². The molecule has 0 radical (unpaired) electrons. The zero-order valence-electron chi connectivity index (χ0n) is 13.8. The lowest BCUT2D eigenvalue weighted by molar-refractivity contribution is 0.397. The molecule has 0 saturated heterocycles. The van der Waals surface area contributed by atoms with Gasteiger partial charge in [-0.3, -0.25) is 5.32 Å². The van der Waals surface area contributed by atoms with Gasteiger partial charge in [-0.05, 0) is 30.3 Å². The number of hydrogen-bond acceptors (Lipinski definition) is 8. The Labute approximate surface area is 151 Å². The molecule has 2 aromatic carbocycles. The molecule has 0 aliphatic heterocycles. The smallest absolute Gasteiger partial charge is 0.322 e. The predicted molar refractivity (Wildman–Crippen MR) is 95.7 cm³/mol. The lowest BCUT2D eigenvalue weighted by atomic mass is 10.2. The second kappa shape index (κ2) is 6.60. The monoisotopic (exact) mass is 372 g/mol. The van der Waals surface area contributed by atoms with Crippen molar-refractivity contribution in [1.82, 2.24) is 15.2 Å². The van der Waals surface area contributed by atoms with Crippen molar-refractivity contribution >= 4 is 32.7 Å². The second-order valence-corrected chi connectivity index (χ2v) is 6.27. The van der Waals surface area contributed by atoms with Gasteiger partial charge in [0.25, 0.3) is 0 Å². The molecule has 7 nitrogen and oxygen atoms in total. The first-order chi connectivity index (χ1) is 12.7. The van der Waals surface area contributed by atoms with Crippen LogP contribution in [0, 0.1) is 5.82 Å². The average Bonchev–Trinajstić information content (AvgIpc) is 3.28. The Bertz CT molecular complexity index is 1060. The first-order valence-electron chi connectivity index (χ1n) is 7.55. The molecule has 0 bridgehead atoms. The van der Waals surface area contributed by atoms with E-state index in [2.05, 4.69) is 20.5 Å². The molecule has 132 valence electrons. The standard InChI is InChI=1S/C17H13FN4O3S/c1-23-11-7-12(24-2)14-13(8-11)26-17(19-14)20-16-22-21-15(25-16)9-3-5-10(18)6-4-9/h3-8H,1-2H3,(H,19,20,22). The van der Waals surface area contributed by atoms with Crippen molar-refractivity contribution in [2.75, 3.05) is 19.5 Å². The summed E-state index contributed by atoms with van der Waals surface area (Å²) in [5.74, 6) is 1.25. The molecule has 0 aliphatic carbocycles. The molecule has 0 unspecified atom stereocenters. The number of methoxy groups -OCH3 is 2. The van der Waals surface area contributed by atoms with Gasteiger partial charge in [0, 0.05) is 11.6 Å². The third-order valence-corrected chi connectivity index (χ3v) is 4.54. The van der Waals surface area contributed by atoms with Crippen LogP contribution in [0.1, 0.15) is 0 Å². The Kier molecular flexibility index (Phi) is 4.13. The van der Waals surface area contributed by atoms with Crippen LogP contribution in [0.3, 0.4) is 0 Å². The van der Waals surface area contributed by atoms with E-state index >= 15 is 0 Å². The maximum Gasteiger partial charge on any atom is 0.322 e. The van der Waals surface area contributed by atoms with Gasteiger partial charge in [0.1, 0.15) is 22.8 Å². The van der Waals surface area contributed by atoms with Crippen molar-refractivity contribution < 1.29 is 18.3 Å². The highest BCUT2D eigenvalue weighted by molar-refractivity contribution is 7.22. The van der Waals surface area contributed by atoms with Crippen molar-refractivity contribution in [1.29, 1.82) is 0 Å². The summed E-state index contributed by atoms with van der Waals surface area (Å²) >= 11 is 1.40. The molecule has 0 atom stereocenters. The number of hydrogen-bond donors (Lipinski definition) is 1. The fourth-order valence-electron chi connectivity index (χ4n) is 2.38. The topological polar surface area (TPSA) is 82.3 Å². The first-order valence-corrected chi connectivity index (χ1v) is 8.37. The Morgan fingerprint density at radius 2 is 1.88 bits per heavy atom. The van der Waals surface area contributed by atoms with Crippen LogP contribution < -0.4 is 14.8 Å². The van der Waals surface area contributed by atoms with Crippen molar-refractivity contribution in [2.24, 2.45) is 0 Å². The molecule has 0 amide bonds. The highest BCUT2D eigenvalue weighted by Crippen LogP contribution is 2.37. The summed E-state index contributed by atoms with van der Waals surface area (Å²) in [7, 11) is 3.17. The van der Waals surface area contributed by atoms with E-state index in [1.807, 2.05) is 6.07 Å². The van der Waals surface area contributed by atoms with Crippen molar-refractivity contribution in [3.05, 3.63) is 42.2 Å². The zero-order valence-corrected chi connectivity index (χ0v) is 14.6. The van der Waals surface area contributed by atoms with Crippen molar-refractivity contribution in [3.63, 3.8) is 0 Å². The quantitative estimate of drug-likeness (QED) is 0.561. The molecule has 0 spiro atoms. The van der Waals surface area contributed by atoms with Gasteiger partial charge in [-0.2, -0.15) is 0 Å². The number of nitrogens with zero attached hydrogens (tertiary/aromatic N) is 3. The number of rotatable bonds is 5. The van der Waals surface area contributed by atoms with Gasteiger partial charge in [-0.15, -0.1) is 5.10 Å². The van der Waals surface area contributed by atoms with E-state index in [0.29, 0.717) is 27.7 Å². The van der Waals surface area contributed by atoms with Crippen LogP contribution in [0.5, 0.6) is 11.5 Å². The van der Waals surface area contributed by atoms with E-state index in [1.54, 1.807) is 32.4 Å². The van der Waals surface area contributed by atoms with E-state index in [0.717, 1.165) is 4.70 Å². The van der Waals surface area contributed by atoms with Crippen LogP contribution in [0.4, 0.5) is 15.5 Å². The molecule has 0 saturated carbocycles. The van der Waals surface area contributed by atoms with Gasteiger partial charge in [0.2, 0.25) is 5.89 Å². The summed E-state index contributed by atoms with van der Waals surface area (Å²) in [5.41, 5.74) is 1.33. The van der Waals surface area contributed by atoms with Crippen LogP contribution >= 0.6 is 11.3 Å². The minimum atomic E-state index is -0.328. The van der Waals surface area contributed by atoms with Gasteiger partial charge in [-0.25, -0.2) is 9.37 Å². The van der Waals surface area contributed by atoms with Gasteiger partial charge < -0.3 is 13.9 Å². The van der Waals surface area contributed by atoms with Crippen LogP contribution in [-0.2, 0) is 0 Å². The van der Waals surface area contributed by atoms with Crippen LogP contribution in [0.2, 0.25) is 0 Å². The molecule has 0 aliphatic rings. The van der Waals surface area contributed by atoms with Crippen LogP contribution in [-0.4, -0.2) is 29.4 Å². The Morgan fingerprint density at radius 3 is 2.62 bits per heavy atom. The molecule has 26 heavy (non-hydrogen) atoms. The first kappa shape index (κ1) is 16.3. The molecule has 4 rings (SSSR count). The number of anilines is 2. The predicted octanol–water partition coefficient (Wildman–Crippen LogP) is 4.25. The van der Waals surface area contributed by atoms with E-state index in [9.17, 15) is 4.39 Å². The van der Waals surface area contributed by atoms with Gasteiger partial charge >= 0.3 is 6.01 Å². The minimum absolute atomic E-state index is 0.189. The highest BCUT2D eigenvalue weighted by atomic mass is 32.1. The average molecular weight is 372 g/mol. The molecule has 0 fully saturated rings. The largest absolute Gasteiger partial charge is 0.497 e. The second-order valence-electron chi connectivity index (χ2n) is 5.24. The number of ether oxygens (including phenoxy) is 2. The van der Waals surface area contributed by atoms with E-state index in [-0.39, 0.29) is 17.7 Å². The summed E-state index contributed by atoms with van der Waals surface area (Å²) in [4.78, 5) is 4.50. The number of benzene rings is 2. The van der Waals surface area contributed by atoms with Crippen LogP contribution in [0.25, 0.3) is 21.7 Å². The normalized spacial score (nSPS) is 10.9. The van der Waals surface area contributed by atoms with Gasteiger partial charge in [0.15, 0.2) is 5.13 Å². The maximum absolute atomic E-state index is 13.0. The fraction of sp³-hybridized carbons (Fsp3) is 0.118. The molecule has 1 N–H and O–H groups in total. The summed E-state index contributed by atoms with van der Waals surface area (Å²) in [6.07, 6.45) is 0. The number of fused-ring (bicyclic) bond motifs is 1. The fourth-order valence-corrected chi connectivity index (χ4v) is 3.28. The molecule has 9 heteroatoms. The minimum Gasteiger partial charge on any atom is -0.497 e. The molecular formula is C17H13FN4O3S. The lowest BCUT2D eigenvalue weighted by Crippen LogP contribution is -1.90. The van der Waals surface area contributed by atoms with Gasteiger partial charge in [0.05, 0.1) is 18.9 Å². The van der Waals surface area contributed by atoms with Crippen molar-refractivity contribution in [3.8, 4) is 23.0 Å². The molecule has 2 heterocycles. The summed E-state index contributed by atoms with van der Waals surface area (Å²) in [6.45, 7) is 0. The number of thiazole rings is 1. The Balaban J connectivity index is 1.62. The van der Waals surface area contributed by atoms with E-state index in [4.69, 9.17) is 13.9 Å². The molecule has 4 aromatic rings. The lowest BCUT2D eigenvalue weighted by Gasteiger charge is -2.03. The van der Waals surface area contributed by atoms with E-state index < -0.39 is 0 Å². The number of halogens is 1. The van der Waals surface area contributed by atoms with Gasteiger partial charge in [-0.1, -0.05) is 16.4 Å². The number of aromatic nitrogens is 3. The highest BCUT2D eigenvalue weighted by Gasteiger charge is 2.14. The Morgan fingerprint density at radius 1 is 1.08 bits per heavy atom. The van der Waals surface area contributed by atoms with E-state index in [1.165, 1.54) is 23.5 Å². The number of nitrogens with one attached hydrogen (secondary N) is 1. The summed E-state index contributed by atoms with van der Waals surface area (Å²) in [6, 6.07) is 9.64.